The van der Waals surface area contributed by atoms with E-state index in [0.717, 1.165) is 25.0 Å². The molecule has 0 bridgehead atoms. The maximum atomic E-state index is 8.36. The number of rotatable bonds is 22. The Morgan fingerprint density at radius 2 is 0.900 bits per heavy atom. The molecule has 184 valence electrons. The van der Waals surface area contributed by atoms with Crippen molar-refractivity contribution in [1.29, 1.82) is 0 Å². The highest BCUT2D eigenvalue weighted by atomic mass is 16.5. The van der Waals surface area contributed by atoms with Gasteiger partial charge in [-0.2, -0.15) is 0 Å². The molecule has 0 aromatic heterocycles. The lowest BCUT2D eigenvalue weighted by Crippen LogP contribution is -2.14. The normalized spacial score (nSPS) is 13.0. The van der Waals surface area contributed by atoms with Crippen molar-refractivity contribution < 1.29 is 29.2 Å². The maximum Gasteiger partial charge on any atom is 0.0701 e. The van der Waals surface area contributed by atoms with Crippen LogP contribution in [0.4, 0.5) is 0 Å². The topological polar surface area (TPSA) is 77.4 Å². The molecular weight excluding hydrogens is 384 g/mol. The molecule has 0 aliphatic rings. The highest BCUT2D eigenvalue weighted by Crippen LogP contribution is 2.16. The Kier molecular flexibility index (Phi) is 30.6. The standard InChI is InChI=1S/C16H34O.C8H18O5/c1-5-9-11-15(7-3)13-17-14-16(8-4)12-10-6-2;9-1-3-11-5-7-13-8-6-12-4-2-10/h15-16H,5-14H2,1-4H3;9-10H,1-8H2. The third-order valence-corrected chi connectivity index (χ3v) is 5.01. The van der Waals surface area contributed by atoms with Gasteiger partial charge < -0.3 is 29.2 Å². The minimum atomic E-state index is 0.0413. The van der Waals surface area contributed by atoms with E-state index >= 15 is 0 Å². The van der Waals surface area contributed by atoms with Crippen molar-refractivity contribution in [3.63, 3.8) is 0 Å². The van der Waals surface area contributed by atoms with Gasteiger partial charge in [-0.1, -0.05) is 66.2 Å². The molecule has 2 N–H and O–H groups in total. The van der Waals surface area contributed by atoms with Crippen molar-refractivity contribution in [2.24, 2.45) is 11.8 Å². The molecule has 2 atom stereocenters. The second-order valence-corrected chi connectivity index (χ2v) is 7.65. The molecule has 0 radical (unpaired) electrons. The summed E-state index contributed by atoms with van der Waals surface area (Å²) in [5, 5.41) is 16.7. The van der Waals surface area contributed by atoms with Crippen LogP contribution >= 0.6 is 0 Å². The number of unbranched alkanes of at least 4 members (excludes halogenated alkanes) is 2. The first-order valence-electron chi connectivity index (χ1n) is 12.2. The third-order valence-electron chi connectivity index (χ3n) is 5.01. The van der Waals surface area contributed by atoms with Gasteiger partial charge in [0.2, 0.25) is 0 Å². The van der Waals surface area contributed by atoms with Crippen molar-refractivity contribution in [2.45, 2.75) is 79.1 Å². The fraction of sp³-hybridized carbons (Fsp3) is 1.00. The Bertz CT molecular complexity index is 265. The van der Waals surface area contributed by atoms with Gasteiger partial charge in [0, 0.05) is 13.2 Å². The van der Waals surface area contributed by atoms with E-state index in [1.165, 1.54) is 51.4 Å². The maximum absolute atomic E-state index is 8.36. The molecule has 0 amide bonds. The van der Waals surface area contributed by atoms with E-state index < -0.39 is 0 Å². The first-order chi connectivity index (χ1) is 14.7. The van der Waals surface area contributed by atoms with Gasteiger partial charge in [0.15, 0.2) is 0 Å². The summed E-state index contributed by atoms with van der Waals surface area (Å²) >= 11 is 0. The van der Waals surface area contributed by atoms with E-state index in [4.69, 9.17) is 29.2 Å². The van der Waals surface area contributed by atoms with Gasteiger partial charge in [0.1, 0.15) is 0 Å². The lowest BCUT2D eigenvalue weighted by molar-refractivity contribution is 0.00230. The first kappa shape index (κ1) is 31.9. The van der Waals surface area contributed by atoms with Crippen molar-refractivity contribution in [3.8, 4) is 0 Å². The van der Waals surface area contributed by atoms with Gasteiger partial charge in [-0.05, 0) is 24.7 Å². The molecule has 0 saturated heterocycles. The summed E-state index contributed by atoms with van der Waals surface area (Å²) in [6.07, 6.45) is 10.6. The summed E-state index contributed by atoms with van der Waals surface area (Å²) in [6.45, 7) is 13.9. The smallest absolute Gasteiger partial charge is 0.0701 e. The zero-order chi connectivity index (χ0) is 22.7. The molecule has 0 aliphatic heterocycles. The molecule has 0 heterocycles. The monoisotopic (exact) mass is 436 g/mol. The summed E-state index contributed by atoms with van der Waals surface area (Å²) in [5.74, 6) is 1.58. The fourth-order valence-corrected chi connectivity index (χ4v) is 2.87. The van der Waals surface area contributed by atoms with E-state index in [0.29, 0.717) is 39.6 Å². The molecule has 0 spiro atoms. The summed E-state index contributed by atoms with van der Waals surface area (Å²) in [5.41, 5.74) is 0. The molecule has 6 heteroatoms. The molecule has 2 unspecified atom stereocenters. The number of hydrogen-bond donors (Lipinski definition) is 2. The average Bonchev–Trinajstić information content (AvgIpc) is 2.77. The summed E-state index contributed by atoms with van der Waals surface area (Å²) in [7, 11) is 0. The minimum Gasteiger partial charge on any atom is -0.394 e. The van der Waals surface area contributed by atoms with E-state index in [1.54, 1.807) is 0 Å². The summed E-state index contributed by atoms with van der Waals surface area (Å²) in [6, 6.07) is 0. The Morgan fingerprint density at radius 1 is 0.533 bits per heavy atom. The number of aliphatic hydroxyl groups is 2. The van der Waals surface area contributed by atoms with Crippen LogP contribution in [0.15, 0.2) is 0 Å². The van der Waals surface area contributed by atoms with Crippen LogP contribution in [-0.4, -0.2) is 76.3 Å². The van der Waals surface area contributed by atoms with Crippen molar-refractivity contribution in [1.82, 2.24) is 0 Å². The molecule has 0 aliphatic carbocycles. The van der Waals surface area contributed by atoms with Gasteiger partial charge in [-0.3, -0.25) is 0 Å². The highest BCUT2D eigenvalue weighted by molar-refractivity contribution is 4.59. The Hall–Kier alpha value is -0.240. The van der Waals surface area contributed by atoms with Crippen LogP contribution in [0.1, 0.15) is 79.1 Å². The number of aliphatic hydroxyl groups excluding tert-OH is 2. The minimum absolute atomic E-state index is 0.0413. The van der Waals surface area contributed by atoms with Gasteiger partial charge in [0.05, 0.1) is 52.9 Å². The average molecular weight is 437 g/mol. The van der Waals surface area contributed by atoms with E-state index in [2.05, 4.69) is 27.7 Å². The summed E-state index contributed by atoms with van der Waals surface area (Å²) < 4.78 is 21.0. The van der Waals surface area contributed by atoms with Crippen molar-refractivity contribution in [3.05, 3.63) is 0 Å². The van der Waals surface area contributed by atoms with Crippen LogP contribution < -0.4 is 0 Å². The number of ether oxygens (including phenoxy) is 4. The predicted octanol–water partition coefficient (Wildman–Crippen LogP) is 4.46. The molecule has 0 saturated carbocycles. The van der Waals surface area contributed by atoms with E-state index in [1.807, 2.05) is 0 Å². The van der Waals surface area contributed by atoms with Crippen LogP contribution in [0, 0.1) is 11.8 Å². The second kappa shape index (κ2) is 28.8. The molecule has 0 rings (SSSR count). The third kappa shape index (κ3) is 25.8. The van der Waals surface area contributed by atoms with Crippen molar-refractivity contribution in [2.75, 3.05) is 66.1 Å². The van der Waals surface area contributed by atoms with Crippen LogP contribution in [0.25, 0.3) is 0 Å². The molecule has 6 nitrogen and oxygen atoms in total. The lowest BCUT2D eigenvalue weighted by atomic mass is 9.99. The van der Waals surface area contributed by atoms with E-state index in [-0.39, 0.29) is 13.2 Å². The SMILES string of the molecule is CCCCC(CC)COCC(CC)CCCC.OCCOCCOCCOCCO. The molecular formula is C24H52O6. The quantitative estimate of drug-likeness (QED) is 0.244. The number of hydrogen-bond acceptors (Lipinski definition) is 6. The Labute approximate surface area is 186 Å². The van der Waals surface area contributed by atoms with Crippen LogP contribution in [0.3, 0.4) is 0 Å². The largest absolute Gasteiger partial charge is 0.394 e. The Morgan fingerprint density at radius 3 is 1.20 bits per heavy atom. The van der Waals surface area contributed by atoms with Gasteiger partial charge >= 0.3 is 0 Å². The molecule has 0 aromatic rings. The molecule has 30 heavy (non-hydrogen) atoms. The van der Waals surface area contributed by atoms with Crippen LogP contribution in [-0.2, 0) is 18.9 Å². The second-order valence-electron chi connectivity index (χ2n) is 7.65. The van der Waals surface area contributed by atoms with Gasteiger partial charge in [-0.15, -0.1) is 0 Å². The van der Waals surface area contributed by atoms with Gasteiger partial charge in [0.25, 0.3) is 0 Å². The van der Waals surface area contributed by atoms with Crippen LogP contribution in [0.2, 0.25) is 0 Å². The van der Waals surface area contributed by atoms with Gasteiger partial charge in [-0.25, -0.2) is 0 Å². The fourth-order valence-electron chi connectivity index (χ4n) is 2.87. The predicted molar refractivity (Wildman–Crippen MR) is 124 cm³/mol. The molecule has 0 aromatic carbocycles. The zero-order valence-corrected chi connectivity index (χ0v) is 20.4. The first-order valence-corrected chi connectivity index (χ1v) is 12.2. The molecule has 0 fully saturated rings. The summed E-state index contributed by atoms with van der Waals surface area (Å²) in [4.78, 5) is 0. The van der Waals surface area contributed by atoms with Crippen molar-refractivity contribution >= 4 is 0 Å². The van der Waals surface area contributed by atoms with E-state index in [9.17, 15) is 0 Å². The van der Waals surface area contributed by atoms with Crippen LogP contribution in [0.5, 0.6) is 0 Å². The zero-order valence-electron chi connectivity index (χ0n) is 20.4. The Balaban J connectivity index is 0. The highest BCUT2D eigenvalue weighted by Gasteiger charge is 2.09. The lowest BCUT2D eigenvalue weighted by Gasteiger charge is -2.18.